The summed E-state index contributed by atoms with van der Waals surface area (Å²) in [6.45, 7) is 3.41. The number of aryl methyl sites for hydroxylation is 1. The molecule has 0 saturated carbocycles. The maximum absolute atomic E-state index is 2.52. The molecular formula is C25H34N+. The van der Waals surface area contributed by atoms with E-state index in [1.165, 1.54) is 86.0 Å². The van der Waals surface area contributed by atoms with Gasteiger partial charge in [0.2, 0.25) is 11.0 Å². The van der Waals surface area contributed by atoms with E-state index in [1.807, 2.05) is 0 Å². The van der Waals surface area contributed by atoms with E-state index in [4.69, 9.17) is 0 Å². The minimum atomic E-state index is 1.12. The van der Waals surface area contributed by atoms with Crippen LogP contribution in [0.4, 0.5) is 0 Å². The van der Waals surface area contributed by atoms with Crippen LogP contribution in [0.1, 0.15) is 71.1 Å². The van der Waals surface area contributed by atoms with E-state index in [-0.39, 0.29) is 0 Å². The van der Waals surface area contributed by atoms with Gasteiger partial charge in [-0.2, -0.15) is 4.57 Å². The Morgan fingerprint density at radius 3 is 1.58 bits per heavy atom. The molecule has 0 unspecified atom stereocenters. The first-order chi connectivity index (χ1) is 12.9. The predicted octanol–water partition coefficient (Wildman–Crippen LogP) is 7.20. The Labute approximate surface area is 159 Å². The van der Waals surface area contributed by atoms with E-state index in [2.05, 4.69) is 66.1 Å². The third-order valence-electron chi connectivity index (χ3n) is 5.50. The minimum Gasteiger partial charge on any atom is -0.191 e. The Morgan fingerprint density at radius 2 is 1.04 bits per heavy atom. The van der Waals surface area contributed by atoms with E-state index in [1.54, 1.807) is 0 Å². The first-order valence-corrected chi connectivity index (χ1v) is 10.7. The maximum Gasteiger partial charge on any atom is 0.212 e. The van der Waals surface area contributed by atoms with E-state index in [0.29, 0.717) is 0 Å². The Kier molecular flexibility index (Phi) is 7.49. The molecule has 0 N–H and O–H groups in total. The average molecular weight is 349 g/mol. The number of pyridine rings is 1. The highest BCUT2D eigenvalue weighted by molar-refractivity contribution is 5.88. The van der Waals surface area contributed by atoms with Crippen LogP contribution in [0.15, 0.2) is 54.6 Å². The van der Waals surface area contributed by atoms with Crippen LogP contribution in [0.25, 0.3) is 21.8 Å². The molecule has 0 bridgehead atoms. The summed E-state index contributed by atoms with van der Waals surface area (Å²) in [5.41, 5.74) is 2.73. The summed E-state index contributed by atoms with van der Waals surface area (Å²) in [4.78, 5) is 0. The fourth-order valence-corrected chi connectivity index (χ4v) is 4.01. The zero-order valence-corrected chi connectivity index (χ0v) is 16.4. The molecule has 1 nitrogen and oxygen atoms in total. The van der Waals surface area contributed by atoms with Crippen LogP contribution < -0.4 is 4.57 Å². The molecule has 0 atom stereocenters. The molecular weight excluding hydrogens is 314 g/mol. The first-order valence-electron chi connectivity index (χ1n) is 10.7. The second-order valence-electron chi connectivity index (χ2n) is 7.60. The topological polar surface area (TPSA) is 3.88 Å². The molecule has 3 aromatic rings. The summed E-state index contributed by atoms with van der Waals surface area (Å²) in [5.74, 6) is 0. The summed E-state index contributed by atoms with van der Waals surface area (Å²) >= 11 is 0. The highest BCUT2D eigenvalue weighted by Gasteiger charge is 2.13. The van der Waals surface area contributed by atoms with Crippen LogP contribution in [0, 0.1) is 0 Å². The van der Waals surface area contributed by atoms with Crippen molar-refractivity contribution in [2.24, 2.45) is 0 Å². The Hall–Kier alpha value is -1.89. The lowest BCUT2D eigenvalue weighted by Crippen LogP contribution is -2.35. The van der Waals surface area contributed by atoms with Gasteiger partial charge in [0, 0.05) is 29.3 Å². The molecule has 1 aromatic heterocycles. The average Bonchev–Trinajstić information content (AvgIpc) is 2.68. The van der Waals surface area contributed by atoms with Crippen LogP contribution in [-0.2, 0) is 6.54 Å². The van der Waals surface area contributed by atoms with Gasteiger partial charge < -0.3 is 0 Å². The molecule has 1 heteroatoms. The van der Waals surface area contributed by atoms with Crippen molar-refractivity contribution in [2.45, 2.75) is 77.7 Å². The molecule has 26 heavy (non-hydrogen) atoms. The van der Waals surface area contributed by atoms with Gasteiger partial charge in [0.05, 0.1) is 0 Å². The molecule has 1 heterocycles. The molecule has 3 rings (SSSR count). The monoisotopic (exact) mass is 348 g/mol. The molecule has 0 spiro atoms. The fraction of sp³-hybridized carbons (Fsp3) is 0.480. The van der Waals surface area contributed by atoms with Crippen molar-refractivity contribution in [3.05, 3.63) is 54.6 Å². The van der Waals surface area contributed by atoms with Crippen LogP contribution in [0.3, 0.4) is 0 Å². The largest absolute Gasteiger partial charge is 0.212 e. The van der Waals surface area contributed by atoms with Gasteiger partial charge in [-0.1, -0.05) is 82.6 Å². The lowest BCUT2D eigenvalue weighted by atomic mass is 10.1. The molecule has 0 radical (unpaired) electrons. The van der Waals surface area contributed by atoms with Crippen molar-refractivity contribution < 1.29 is 4.57 Å². The quantitative estimate of drug-likeness (QED) is 0.196. The summed E-state index contributed by atoms with van der Waals surface area (Å²) in [7, 11) is 0. The van der Waals surface area contributed by atoms with Gasteiger partial charge in [0.1, 0.15) is 6.54 Å². The van der Waals surface area contributed by atoms with Gasteiger partial charge in [-0.15, -0.1) is 0 Å². The summed E-state index contributed by atoms with van der Waals surface area (Å²) < 4.78 is 2.52. The second-order valence-corrected chi connectivity index (χ2v) is 7.60. The first kappa shape index (κ1) is 18.9. The van der Waals surface area contributed by atoms with Crippen LogP contribution in [0.2, 0.25) is 0 Å². The number of aromatic nitrogens is 1. The van der Waals surface area contributed by atoms with Crippen molar-refractivity contribution in [1.29, 1.82) is 0 Å². The highest BCUT2D eigenvalue weighted by Crippen LogP contribution is 2.18. The molecule has 0 aliphatic carbocycles. The van der Waals surface area contributed by atoms with Gasteiger partial charge in [0.15, 0.2) is 0 Å². The Morgan fingerprint density at radius 1 is 0.577 bits per heavy atom. The normalized spacial score (nSPS) is 11.4. The Bertz CT molecular complexity index is 751. The van der Waals surface area contributed by atoms with Crippen LogP contribution in [-0.4, -0.2) is 0 Å². The number of unbranched alkanes of at least 4 members (excludes halogenated alkanes) is 9. The predicted molar refractivity (Wildman–Crippen MR) is 113 cm³/mol. The van der Waals surface area contributed by atoms with Crippen molar-refractivity contribution in [3.63, 3.8) is 0 Å². The van der Waals surface area contributed by atoms with Crippen molar-refractivity contribution in [3.8, 4) is 0 Å². The maximum atomic E-state index is 2.52. The summed E-state index contributed by atoms with van der Waals surface area (Å²) in [6, 6.07) is 19.9. The molecule has 0 saturated heterocycles. The van der Waals surface area contributed by atoms with Crippen molar-refractivity contribution in [1.82, 2.24) is 0 Å². The van der Waals surface area contributed by atoms with Gasteiger partial charge in [-0.25, -0.2) is 0 Å². The van der Waals surface area contributed by atoms with Crippen molar-refractivity contribution >= 4 is 21.8 Å². The number of hydrogen-bond donors (Lipinski definition) is 0. The zero-order valence-electron chi connectivity index (χ0n) is 16.4. The number of benzene rings is 2. The van der Waals surface area contributed by atoms with Gasteiger partial charge in [-0.3, -0.25) is 0 Å². The number of rotatable bonds is 11. The lowest BCUT2D eigenvalue weighted by Gasteiger charge is -2.06. The third-order valence-corrected chi connectivity index (χ3v) is 5.50. The zero-order chi connectivity index (χ0) is 18.0. The Balaban J connectivity index is 1.52. The molecule has 0 fully saturated rings. The van der Waals surface area contributed by atoms with Gasteiger partial charge >= 0.3 is 0 Å². The van der Waals surface area contributed by atoms with E-state index < -0.39 is 0 Å². The molecule has 138 valence electrons. The second kappa shape index (κ2) is 10.3. The molecule has 0 aliphatic heterocycles. The molecule has 0 amide bonds. The standard InChI is InChI=1S/C25H34N/c1-2-3-4-5-6-7-8-9-10-15-20-26-24-18-13-11-16-22(24)21-23-17-12-14-19-25(23)26/h11-14,16-19,21H,2-10,15,20H2,1H3/q+1. The summed E-state index contributed by atoms with van der Waals surface area (Å²) in [6.07, 6.45) is 13.9. The summed E-state index contributed by atoms with van der Waals surface area (Å²) in [5, 5.41) is 2.69. The smallest absolute Gasteiger partial charge is 0.191 e. The van der Waals surface area contributed by atoms with Gasteiger partial charge in [0.25, 0.3) is 0 Å². The number of nitrogens with zero attached hydrogens (tertiary/aromatic N) is 1. The third kappa shape index (κ3) is 5.06. The van der Waals surface area contributed by atoms with Crippen LogP contribution >= 0.6 is 0 Å². The van der Waals surface area contributed by atoms with E-state index >= 15 is 0 Å². The number of para-hydroxylation sites is 2. The number of hydrogen-bond acceptors (Lipinski definition) is 0. The van der Waals surface area contributed by atoms with E-state index in [0.717, 1.165) is 6.54 Å². The lowest BCUT2D eigenvalue weighted by molar-refractivity contribution is -0.645. The minimum absolute atomic E-state index is 1.12. The highest BCUT2D eigenvalue weighted by atomic mass is 15.0. The molecule has 2 aromatic carbocycles. The van der Waals surface area contributed by atoms with Crippen LogP contribution in [0.5, 0.6) is 0 Å². The SMILES string of the molecule is CCCCCCCCCCCC[n+]1c2ccccc2cc2ccccc21. The van der Waals surface area contributed by atoms with E-state index in [9.17, 15) is 0 Å². The molecule has 0 aliphatic rings. The van der Waals surface area contributed by atoms with Crippen molar-refractivity contribution in [2.75, 3.05) is 0 Å². The fourth-order valence-electron chi connectivity index (χ4n) is 4.01. The number of fused-ring (bicyclic) bond motifs is 2. The van der Waals surface area contributed by atoms with Gasteiger partial charge in [-0.05, 0) is 24.6 Å².